The van der Waals surface area contributed by atoms with Crippen molar-refractivity contribution >= 4 is 62.3 Å². The zero-order chi connectivity index (χ0) is 27.3. The summed E-state index contributed by atoms with van der Waals surface area (Å²) in [5.74, 6) is 2.20. The Morgan fingerprint density at radius 2 is 1.74 bits per heavy atom. The second kappa shape index (κ2) is 10.1. The van der Waals surface area contributed by atoms with Gasteiger partial charge in [0.15, 0.2) is 11.7 Å². The first-order chi connectivity index (χ1) is 18.8. The highest BCUT2D eigenvalue weighted by Crippen LogP contribution is 2.43. The highest BCUT2D eigenvalue weighted by Gasteiger charge is 2.42. The van der Waals surface area contributed by atoms with Gasteiger partial charge in [-0.05, 0) is 61.9 Å². The molecule has 1 fully saturated rings. The number of halogens is 1. The van der Waals surface area contributed by atoms with Crippen LogP contribution in [0.5, 0.6) is 0 Å². The van der Waals surface area contributed by atoms with Crippen molar-refractivity contribution in [2.45, 2.75) is 24.5 Å². The molecule has 3 aromatic carbocycles. The second-order valence-corrected chi connectivity index (χ2v) is 12.0. The lowest BCUT2D eigenvalue weighted by Gasteiger charge is -2.44. The Labute approximate surface area is 240 Å². The van der Waals surface area contributed by atoms with E-state index in [1.807, 2.05) is 86.5 Å². The minimum atomic E-state index is -0.194. The van der Waals surface area contributed by atoms with Gasteiger partial charge in [0, 0.05) is 29.8 Å². The van der Waals surface area contributed by atoms with Crippen molar-refractivity contribution in [3.8, 4) is 0 Å². The Kier molecular flexibility index (Phi) is 6.60. The molecule has 0 radical (unpaired) electrons. The van der Waals surface area contributed by atoms with E-state index >= 15 is 0 Å². The molecule has 6 rings (SSSR count). The van der Waals surface area contributed by atoms with E-state index in [0.717, 1.165) is 44.3 Å². The Morgan fingerprint density at radius 3 is 2.46 bits per heavy atom. The molecule has 3 aliphatic rings. The van der Waals surface area contributed by atoms with Gasteiger partial charge in [-0.1, -0.05) is 46.3 Å². The zero-order valence-electron chi connectivity index (χ0n) is 22.0. The summed E-state index contributed by atoms with van der Waals surface area (Å²) >= 11 is 5.22. The third-order valence-corrected chi connectivity index (χ3v) is 8.65. The molecular formula is C29H28BrN7OS. The van der Waals surface area contributed by atoms with E-state index in [1.165, 1.54) is 0 Å². The number of para-hydroxylation sites is 1. The van der Waals surface area contributed by atoms with Crippen molar-refractivity contribution in [2.75, 3.05) is 24.0 Å². The summed E-state index contributed by atoms with van der Waals surface area (Å²) in [5, 5.41) is 5.36. The highest BCUT2D eigenvalue weighted by molar-refractivity contribution is 9.10. The van der Waals surface area contributed by atoms with Crippen LogP contribution in [0.1, 0.15) is 30.3 Å². The molecule has 0 aliphatic carbocycles. The third-order valence-electron chi connectivity index (χ3n) is 6.81. The molecule has 0 bridgehead atoms. The normalized spacial score (nSPS) is 20.2. The number of fused-ring (bicyclic) bond motifs is 3. The summed E-state index contributed by atoms with van der Waals surface area (Å²) in [6.45, 7) is 3.92. The van der Waals surface area contributed by atoms with Gasteiger partial charge < -0.3 is 4.90 Å². The Morgan fingerprint density at radius 1 is 1.00 bits per heavy atom. The van der Waals surface area contributed by atoms with Crippen LogP contribution in [0.3, 0.4) is 0 Å². The summed E-state index contributed by atoms with van der Waals surface area (Å²) in [7, 11) is 4.04. The van der Waals surface area contributed by atoms with Gasteiger partial charge in [-0.3, -0.25) is 10.2 Å². The fraction of sp³-hybridized carbons (Fsp3) is 0.207. The highest BCUT2D eigenvalue weighted by atomic mass is 79.9. The molecule has 0 aromatic heterocycles. The largest absolute Gasteiger partial charge is 0.378 e. The molecule has 1 amide bonds. The average molecular weight is 603 g/mol. The average Bonchev–Trinajstić information content (AvgIpc) is 3.22. The van der Waals surface area contributed by atoms with Gasteiger partial charge in [0.1, 0.15) is 11.2 Å². The summed E-state index contributed by atoms with van der Waals surface area (Å²) in [5.41, 5.74) is 8.31. The number of hydrazine groups is 2. The van der Waals surface area contributed by atoms with Crippen molar-refractivity contribution in [2.24, 2.45) is 9.98 Å². The quantitative estimate of drug-likeness (QED) is 0.385. The van der Waals surface area contributed by atoms with Crippen molar-refractivity contribution in [3.63, 3.8) is 0 Å². The van der Waals surface area contributed by atoms with Gasteiger partial charge in [0.2, 0.25) is 0 Å². The van der Waals surface area contributed by atoms with E-state index in [-0.39, 0.29) is 16.5 Å². The van der Waals surface area contributed by atoms with Crippen LogP contribution in [0, 0.1) is 0 Å². The molecule has 39 heavy (non-hydrogen) atoms. The standard InChI is InChI=1S/C29H28BrN7OS/c1-18-28(38)35(29(39-18)20-10-13-22(14-11-20)34(3)4)33-26-17-31-27-24-16-21(30)12-15-25(24)32-19(2)36(27)37(26)23-8-6-5-7-9-23/h5-18,29,33H,1-4H3. The van der Waals surface area contributed by atoms with Crippen LogP contribution in [0.4, 0.5) is 17.1 Å². The molecular weight excluding hydrogens is 574 g/mol. The molecule has 1 saturated heterocycles. The molecule has 3 aromatic rings. The number of thioether (sulfide) groups is 1. The number of rotatable bonds is 5. The number of aliphatic imine (C=N–C) groups is 2. The number of hydrogen-bond acceptors (Lipinski definition) is 8. The number of nitrogens with one attached hydrogen (secondary N) is 1. The van der Waals surface area contributed by atoms with Gasteiger partial charge in [-0.2, -0.15) is 0 Å². The minimum Gasteiger partial charge on any atom is -0.378 e. The van der Waals surface area contributed by atoms with Gasteiger partial charge >= 0.3 is 0 Å². The SMILES string of the molecule is CC1=Nc2ccc(Br)cc2C2=NC=C(NN3C(=O)C(C)SC3c3ccc(N(C)C)cc3)N(c3ccccc3)N12. The lowest BCUT2D eigenvalue weighted by Crippen LogP contribution is -2.57. The van der Waals surface area contributed by atoms with Crippen LogP contribution in [0.15, 0.2) is 99.3 Å². The van der Waals surface area contributed by atoms with Crippen LogP contribution >= 0.6 is 27.7 Å². The van der Waals surface area contributed by atoms with Crippen LogP contribution < -0.4 is 15.3 Å². The summed E-state index contributed by atoms with van der Waals surface area (Å²) in [6, 6.07) is 24.4. The molecule has 10 heteroatoms. The lowest BCUT2D eigenvalue weighted by molar-refractivity contribution is -0.132. The number of benzene rings is 3. The maximum Gasteiger partial charge on any atom is 0.255 e. The van der Waals surface area contributed by atoms with Crippen LogP contribution in [0.2, 0.25) is 0 Å². The van der Waals surface area contributed by atoms with E-state index in [1.54, 1.807) is 23.0 Å². The van der Waals surface area contributed by atoms with Crippen LogP contribution in [-0.4, -0.2) is 46.9 Å². The maximum atomic E-state index is 13.4. The summed E-state index contributed by atoms with van der Waals surface area (Å²) in [4.78, 5) is 25.3. The molecule has 8 nitrogen and oxygen atoms in total. The second-order valence-electron chi connectivity index (χ2n) is 9.68. The van der Waals surface area contributed by atoms with Crippen molar-refractivity contribution in [3.05, 3.63) is 100 Å². The number of amidine groups is 2. The molecule has 2 atom stereocenters. The lowest BCUT2D eigenvalue weighted by atomic mass is 10.1. The molecule has 3 heterocycles. The fourth-order valence-corrected chi connectivity index (χ4v) is 6.42. The molecule has 3 aliphatic heterocycles. The fourth-order valence-electron chi connectivity index (χ4n) is 4.85. The first-order valence-electron chi connectivity index (χ1n) is 12.6. The number of hydrogen-bond donors (Lipinski definition) is 1. The van der Waals surface area contributed by atoms with Gasteiger partial charge in [-0.15, -0.1) is 11.8 Å². The minimum absolute atomic E-state index is 0.0173. The first kappa shape index (κ1) is 25.5. The summed E-state index contributed by atoms with van der Waals surface area (Å²) in [6.07, 6.45) is 1.79. The van der Waals surface area contributed by atoms with Crippen LogP contribution in [-0.2, 0) is 4.79 Å². The molecule has 0 saturated carbocycles. The van der Waals surface area contributed by atoms with Crippen molar-refractivity contribution in [1.29, 1.82) is 0 Å². The van der Waals surface area contributed by atoms with Gasteiger partial charge in [0.05, 0.1) is 22.8 Å². The smallest absolute Gasteiger partial charge is 0.255 e. The van der Waals surface area contributed by atoms with Crippen LogP contribution in [0.25, 0.3) is 0 Å². The van der Waals surface area contributed by atoms with Gasteiger partial charge in [-0.25, -0.2) is 25.0 Å². The number of amides is 1. The predicted molar refractivity (Wildman–Crippen MR) is 163 cm³/mol. The maximum absolute atomic E-state index is 13.4. The van der Waals surface area contributed by atoms with Crippen molar-refractivity contribution < 1.29 is 4.79 Å². The van der Waals surface area contributed by atoms with E-state index in [4.69, 9.17) is 9.98 Å². The first-order valence-corrected chi connectivity index (χ1v) is 14.4. The zero-order valence-corrected chi connectivity index (χ0v) is 24.4. The molecule has 0 spiro atoms. The summed E-state index contributed by atoms with van der Waals surface area (Å²) < 4.78 is 0.953. The van der Waals surface area contributed by atoms with Crippen molar-refractivity contribution in [1.82, 2.24) is 15.4 Å². The van der Waals surface area contributed by atoms with E-state index in [9.17, 15) is 4.79 Å². The molecule has 2 unspecified atom stereocenters. The topological polar surface area (TPSA) is 66.8 Å². The molecule has 198 valence electrons. The Balaban J connectivity index is 1.42. The predicted octanol–water partition coefficient (Wildman–Crippen LogP) is 6.03. The number of carbonyl (C=O) groups excluding carboxylic acids is 1. The van der Waals surface area contributed by atoms with E-state index in [0.29, 0.717) is 5.82 Å². The number of anilines is 2. The number of carbonyl (C=O) groups is 1. The third kappa shape index (κ3) is 4.57. The molecule has 1 N–H and O–H groups in total. The monoisotopic (exact) mass is 601 g/mol. The Hall–Kier alpha value is -3.76. The van der Waals surface area contributed by atoms with E-state index in [2.05, 4.69) is 50.5 Å². The Bertz CT molecular complexity index is 1520. The van der Waals surface area contributed by atoms with E-state index < -0.39 is 0 Å². The van der Waals surface area contributed by atoms with Gasteiger partial charge in [0.25, 0.3) is 5.91 Å². The number of nitrogens with zero attached hydrogens (tertiary/aromatic N) is 6.